The van der Waals surface area contributed by atoms with Crippen molar-refractivity contribution in [1.82, 2.24) is 9.80 Å². The van der Waals surface area contributed by atoms with Gasteiger partial charge in [0.05, 0.1) is 0 Å². The van der Waals surface area contributed by atoms with Crippen LogP contribution in [-0.2, 0) is 9.59 Å². The molecule has 1 unspecified atom stereocenters. The molecule has 0 aromatic rings. The van der Waals surface area contributed by atoms with E-state index in [1.807, 2.05) is 0 Å². The zero-order chi connectivity index (χ0) is 14.2. The molecule has 2 rings (SSSR count). The predicted octanol–water partition coefficient (Wildman–Crippen LogP) is 0.705. The molecule has 1 atom stereocenters. The van der Waals surface area contributed by atoms with Crippen molar-refractivity contribution < 1.29 is 14.4 Å². The fourth-order valence-electron chi connectivity index (χ4n) is 3.05. The summed E-state index contributed by atoms with van der Waals surface area (Å²) in [5.74, 6) is -0.819. The number of urea groups is 1. The van der Waals surface area contributed by atoms with Gasteiger partial charge in [-0.3, -0.25) is 19.4 Å². The van der Waals surface area contributed by atoms with Gasteiger partial charge < -0.3 is 5.73 Å². The summed E-state index contributed by atoms with van der Waals surface area (Å²) in [7, 11) is 1.44. The second-order valence-electron chi connectivity index (χ2n) is 5.63. The topological polar surface area (TPSA) is 83.7 Å². The van der Waals surface area contributed by atoms with E-state index in [-0.39, 0.29) is 24.9 Å². The highest BCUT2D eigenvalue weighted by Gasteiger charge is 2.54. The third kappa shape index (κ3) is 2.04. The molecule has 0 radical (unpaired) electrons. The maximum atomic E-state index is 12.6. The minimum absolute atomic E-state index is 0.0624. The van der Waals surface area contributed by atoms with Gasteiger partial charge in [0.25, 0.3) is 0 Å². The highest BCUT2D eigenvalue weighted by molar-refractivity contribution is 6.18. The Hall–Kier alpha value is -1.43. The average molecular weight is 267 g/mol. The lowest BCUT2D eigenvalue weighted by molar-refractivity contribution is -0.158. The molecule has 1 saturated carbocycles. The molecule has 0 bridgehead atoms. The zero-order valence-corrected chi connectivity index (χ0v) is 11.5. The van der Waals surface area contributed by atoms with Gasteiger partial charge in [-0.1, -0.05) is 12.8 Å². The molecule has 0 aromatic carbocycles. The molecular formula is C13H21N3O3. The van der Waals surface area contributed by atoms with E-state index in [0.29, 0.717) is 0 Å². The Balaban J connectivity index is 2.35. The van der Waals surface area contributed by atoms with Crippen molar-refractivity contribution in [2.75, 3.05) is 13.6 Å². The second kappa shape index (κ2) is 4.92. The molecular weight excluding hydrogens is 246 g/mol. The molecule has 0 spiro atoms. The summed E-state index contributed by atoms with van der Waals surface area (Å²) < 4.78 is 0. The van der Waals surface area contributed by atoms with E-state index in [4.69, 9.17) is 5.73 Å². The third-order valence-electron chi connectivity index (χ3n) is 4.29. The van der Waals surface area contributed by atoms with Crippen LogP contribution in [0.15, 0.2) is 0 Å². The quantitative estimate of drug-likeness (QED) is 0.763. The summed E-state index contributed by atoms with van der Waals surface area (Å²) in [5, 5.41) is 0. The largest absolute Gasteiger partial charge is 0.333 e. The summed E-state index contributed by atoms with van der Waals surface area (Å²) in [6.45, 7) is 1.84. The summed E-state index contributed by atoms with van der Waals surface area (Å²) in [4.78, 5) is 39.4. The van der Waals surface area contributed by atoms with Crippen LogP contribution in [0.3, 0.4) is 0 Å². The van der Waals surface area contributed by atoms with Crippen molar-refractivity contribution >= 4 is 17.8 Å². The van der Waals surface area contributed by atoms with Crippen LogP contribution in [0, 0.1) is 5.41 Å². The Kier molecular flexibility index (Phi) is 3.62. The van der Waals surface area contributed by atoms with Crippen LogP contribution in [0.2, 0.25) is 0 Å². The first-order chi connectivity index (χ1) is 8.93. The first-order valence-electron chi connectivity index (χ1n) is 6.79. The van der Waals surface area contributed by atoms with Gasteiger partial charge in [0.2, 0.25) is 11.8 Å². The minimum Gasteiger partial charge on any atom is -0.330 e. The van der Waals surface area contributed by atoms with Crippen molar-refractivity contribution in [3.8, 4) is 0 Å². The summed E-state index contributed by atoms with van der Waals surface area (Å²) >= 11 is 0. The molecule has 1 aliphatic heterocycles. The van der Waals surface area contributed by atoms with E-state index in [2.05, 4.69) is 0 Å². The molecule has 1 aliphatic carbocycles. The number of imide groups is 2. The van der Waals surface area contributed by atoms with Crippen LogP contribution in [0.25, 0.3) is 0 Å². The minimum atomic E-state index is -1.19. The van der Waals surface area contributed by atoms with Gasteiger partial charge >= 0.3 is 6.03 Å². The van der Waals surface area contributed by atoms with Gasteiger partial charge in [-0.2, -0.15) is 0 Å². The maximum Gasteiger partial charge on any atom is 0.333 e. The highest BCUT2D eigenvalue weighted by Crippen LogP contribution is 2.35. The number of carbonyl (C=O) groups is 3. The lowest BCUT2D eigenvalue weighted by atomic mass is 9.81. The van der Waals surface area contributed by atoms with Gasteiger partial charge in [0, 0.05) is 13.1 Å². The number of amides is 4. The fraction of sp³-hybridized carbons (Fsp3) is 0.769. The summed E-state index contributed by atoms with van der Waals surface area (Å²) in [5.41, 5.74) is 4.33. The van der Waals surface area contributed by atoms with E-state index in [0.717, 1.165) is 30.6 Å². The molecule has 19 heavy (non-hydrogen) atoms. The number of hydrogen-bond donors (Lipinski definition) is 1. The van der Waals surface area contributed by atoms with Gasteiger partial charge in [-0.05, 0) is 32.7 Å². The van der Waals surface area contributed by atoms with E-state index < -0.39 is 17.4 Å². The molecule has 0 aromatic heterocycles. The molecule has 2 N–H and O–H groups in total. The predicted molar refractivity (Wildman–Crippen MR) is 69.0 cm³/mol. The Labute approximate surface area is 112 Å². The standard InChI is InChI=1S/C13H21N3O3/c1-13(7-8-14)10(17)15(2)12(19)16(11(13)18)9-5-3-4-6-9/h9H,3-8,14H2,1-2H3. The lowest BCUT2D eigenvalue weighted by Gasteiger charge is -2.43. The van der Waals surface area contributed by atoms with Gasteiger partial charge in [0.1, 0.15) is 5.41 Å². The molecule has 4 amide bonds. The van der Waals surface area contributed by atoms with Crippen molar-refractivity contribution in [3.63, 3.8) is 0 Å². The molecule has 106 valence electrons. The highest BCUT2D eigenvalue weighted by atomic mass is 16.2. The van der Waals surface area contributed by atoms with Crippen LogP contribution >= 0.6 is 0 Å². The Morgan fingerprint density at radius 3 is 2.32 bits per heavy atom. The van der Waals surface area contributed by atoms with Crippen LogP contribution in [0.5, 0.6) is 0 Å². The van der Waals surface area contributed by atoms with Gasteiger partial charge in [0.15, 0.2) is 0 Å². The normalized spacial score (nSPS) is 29.5. The van der Waals surface area contributed by atoms with Crippen molar-refractivity contribution in [2.45, 2.75) is 45.1 Å². The van der Waals surface area contributed by atoms with Crippen LogP contribution in [0.1, 0.15) is 39.0 Å². The second-order valence-corrected chi connectivity index (χ2v) is 5.63. The Morgan fingerprint density at radius 2 is 1.79 bits per heavy atom. The van der Waals surface area contributed by atoms with E-state index >= 15 is 0 Å². The Bertz CT molecular complexity index is 417. The van der Waals surface area contributed by atoms with Crippen molar-refractivity contribution in [1.29, 1.82) is 0 Å². The molecule has 6 nitrogen and oxygen atoms in total. The van der Waals surface area contributed by atoms with Gasteiger partial charge in [-0.25, -0.2) is 4.79 Å². The smallest absolute Gasteiger partial charge is 0.330 e. The van der Waals surface area contributed by atoms with Crippen LogP contribution in [0.4, 0.5) is 4.79 Å². The van der Waals surface area contributed by atoms with E-state index in [1.54, 1.807) is 6.92 Å². The van der Waals surface area contributed by atoms with Gasteiger partial charge in [-0.15, -0.1) is 0 Å². The van der Waals surface area contributed by atoms with Crippen molar-refractivity contribution in [2.24, 2.45) is 11.1 Å². The first-order valence-corrected chi connectivity index (χ1v) is 6.79. The lowest BCUT2D eigenvalue weighted by Crippen LogP contribution is -2.65. The SMILES string of the molecule is CN1C(=O)N(C2CCCC2)C(=O)C(C)(CCN)C1=O. The third-order valence-corrected chi connectivity index (χ3v) is 4.29. The fourth-order valence-corrected chi connectivity index (χ4v) is 3.05. The number of nitrogens with two attached hydrogens (primary N) is 1. The molecule has 1 saturated heterocycles. The number of carbonyl (C=O) groups excluding carboxylic acids is 3. The Morgan fingerprint density at radius 1 is 1.21 bits per heavy atom. The number of barbiturate groups is 1. The molecule has 1 heterocycles. The van der Waals surface area contributed by atoms with E-state index in [1.165, 1.54) is 11.9 Å². The summed E-state index contributed by atoms with van der Waals surface area (Å²) in [6.07, 6.45) is 3.97. The van der Waals surface area contributed by atoms with Crippen molar-refractivity contribution in [3.05, 3.63) is 0 Å². The molecule has 6 heteroatoms. The molecule has 2 fully saturated rings. The molecule has 2 aliphatic rings. The number of nitrogens with zero attached hydrogens (tertiary/aromatic N) is 2. The number of hydrogen-bond acceptors (Lipinski definition) is 4. The van der Waals surface area contributed by atoms with Crippen LogP contribution in [-0.4, -0.2) is 47.3 Å². The monoisotopic (exact) mass is 267 g/mol. The number of rotatable bonds is 3. The summed E-state index contributed by atoms with van der Waals surface area (Å²) in [6, 6.07) is -0.552. The van der Waals surface area contributed by atoms with Crippen LogP contribution < -0.4 is 5.73 Å². The van der Waals surface area contributed by atoms with E-state index in [9.17, 15) is 14.4 Å². The first kappa shape index (κ1) is 14.0. The zero-order valence-electron chi connectivity index (χ0n) is 11.5. The maximum absolute atomic E-state index is 12.6. The average Bonchev–Trinajstić information content (AvgIpc) is 2.89.